The number of amides is 2. The molecule has 2 amide bonds. The molecule has 4 nitrogen and oxygen atoms in total. The first kappa shape index (κ1) is 13.9. The molecule has 0 spiro atoms. The fourth-order valence-corrected chi connectivity index (χ4v) is 3.12. The molecule has 0 radical (unpaired) electrons. The van der Waals surface area contributed by atoms with Crippen molar-refractivity contribution in [1.82, 2.24) is 5.32 Å². The maximum atomic E-state index is 11.8. The third-order valence-corrected chi connectivity index (χ3v) is 4.13. The molecule has 1 heterocycles. The monoisotopic (exact) mass is 278 g/mol. The molecule has 0 atom stereocenters. The average molecular weight is 278 g/mol. The second kappa shape index (κ2) is 6.61. The third-order valence-electron chi connectivity index (χ3n) is 3.08. The largest absolute Gasteiger partial charge is 0.335 e. The molecular formula is C14H18N2O2S. The van der Waals surface area contributed by atoms with Crippen molar-refractivity contribution in [3.63, 3.8) is 0 Å². The lowest BCUT2D eigenvalue weighted by Crippen LogP contribution is -2.39. The van der Waals surface area contributed by atoms with Crippen LogP contribution in [0.1, 0.15) is 30.1 Å². The first-order valence-corrected chi connectivity index (χ1v) is 7.57. The molecule has 1 aliphatic rings. The molecule has 1 aromatic carbocycles. The van der Waals surface area contributed by atoms with Crippen LogP contribution < -0.4 is 10.6 Å². The number of rotatable bonds is 3. The van der Waals surface area contributed by atoms with Crippen LogP contribution in [-0.4, -0.2) is 29.4 Å². The van der Waals surface area contributed by atoms with E-state index >= 15 is 0 Å². The van der Waals surface area contributed by atoms with Gasteiger partial charge in [-0.1, -0.05) is 12.1 Å². The van der Waals surface area contributed by atoms with Gasteiger partial charge in [0.25, 0.3) is 0 Å². The van der Waals surface area contributed by atoms with Crippen molar-refractivity contribution in [1.29, 1.82) is 0 Å². The van der Waals surface area contributed by atoms with E-state index in [2.05, 4.69) is 10.6 Å². The van der Waals surface area contributed by atoms with E-state index in [0.717, 1.165) is 24.3 Å². The fraction of sp³-hybridized carbons (Fsp3) is 0.429. The van der Waals surface area contributed by atoms with Gasteiger partial charge in [-0.2, -0.15) is 11.8 Å². The normalized spacial score (nSPS) is 15.8. The number of benzene rings is 1. The van der Waals surface area contributed by atoms with Crippen LogP contribution in [0.15, 0.2) is 24.3 Å². The molecule has 19 heavy (non-hydrogen) atoms. The minimum atomic E-state index is -0.197. The van der Waals surface area contributed by atoms with E-state index in [9.17, 15) is 9.59 Å². The summed E-state index contributed by atoms with van der Waals surface area (Å²) < 4.78 is 0. The van der Waals surface area contributed by atoms with Crippen molar-refractivity contribution in [2.24, 2.45) is 0 Å². The highest BCUT2D eigenvalue weighted by Gasteiger charge is 2.15. The molecule has 0 unspecified atom stereocenters. The summed E-state index contributed by atoms with van der Waals surface area (Å²) in [5.74, 6) is 2.20. The van der Waals surface area contributed by atoms with Crippen LogP contribution in [0.5, 0.6) is 0 Å². The van der Waals surface area contributed by atoms with Crippen LogP contribution in [0.4, 0.5) is 10.5 Å². The van der Waals surface area contributed by atoms with Gasteiger partial charge in [-0.15, -0.1) is 0 Å². The molecule has 102 valence electrons. The zero-order valence-electron chi connectivity index (χ0n) is 10.9. The smallest absolute Gasteiger partial charge is 0.319 e. The Morgan fingerprint density at radius 3 is 2.68 bits per heavy atom. The Morgan fingerprint density at radius 2 is 2.00 bits per heavy atom. The molecule has 2 rings (SSSR count). The molecule has 0 saturated carbocycles. The van der Waals surface area contributed by atoms with E-state index < -0.39 is 0 Å². The second-order valence-electron chi connectivity index (χ2n) is 4.62. The number of hydrogen-bond acceptors (Lipinski definition) is 3. The lowest BCUT2D eigenvalue weighted by atomic mass is 10.1. The van der Waals surface area contributed by atoms with E-state index in [0.29, 0.717) is 11.3 Å². The minimum Gasteiger partial charge on any atom is -0.335 e. The highest BCUT2D eigenvalue weighted by atomic mass is 32.2. The molecule has 0 bridgehead atoms. The van der Waals surface area contributed by atoms with Crippen LogP contribution in [-0.2, 0) is 0 Å². The number of carbonyl (C=O) groups is 2. The number of thioether (sulfide) groups is 1. The van der Waals surface area contributed by atoms with Crippen LogP contribution >= 0.6 is 11.8 Å². The zero-order chi connectivity index (χ0) is 13.7. The van der Waals surface area contributed by atoms with Crippen molar-refractivity contribution in [2.75, 3.05) is 16.8 Å². The Balaban J connectivity index is 1.90. The van der Waals surface area contributed by atoms with Gasteiger partial charge in [-0.3, -0.25) is 4.79 Å². The summed E-state index contributed by atoms with van der Waals surface area (Å²) in [5, 5.41) is 5.74. The molecule has 2 N–H and O–H groups in total. The molecule has 1 aliphatic heterocycles. The van der Waals surface area contributed by atoms with E-state index in [1.165, 1.54) is 6.92 Å². The Morgan fingerprint density at radius 1 is 1.26 bits per heavy atom. The number of hydrogen-bond donors (Lipinski definition) is 2. The maximum absolute atomic E-state index is 11.8. The summed E-state index contributed by atoms with van der Waals surface area (Å²) in [5.41, 5.74) is 1.25. The van der Waals surface area contributed by atoms with Crippen molar-refractivity contribution in [2.45, 2.75) is 25.8 Å². The van der Waals surface area contributed by atoms with Crippen molar-refractivity contribution in [3.8, 4) is 0 Å². The van der Waals surface area contributed by atoms with Crippen LogP contribution in [0.25, 0.3) is 0 Å². The highest BCUT2D eigenvalue weighted by molar-refractivity contribution is 7.99. The van der Waals surface area contributed by atoms with E-state index in [1.807, 2.05) is 11.8 Å². The summed E-state index contributed by atoms with van der Waals surface area (Å²) in [6.07, 6.45) is 2.04. The van der Waals surface area contributed by atoms with Crippen molar-refractivity contribution < 1.29 is 9.59 Å². The number of Topliss-reactive ketones (excluding diaryl/α,β-unsaturated/α-hetero) is 1. The van der Waals surface area contributed by atoms with Crippen LogP contribution in [0, 0.1) is 0 Å². The molecule has 5 heteroatoms. The number of nitrogens with one attached hydrogen (secondary N) is 2. The Labute approximate surface area is 117 Å². The first-order chi connectivity index (χ1) is 9.15. The quantitative estimate of drug-likeness (QED) is 0.836. The molecule has 1 fully saturated rings. The van der Waals surface area contributed by atoms with E-state index in [-0.39, 0.29) is 17.9 Å². The summed E-state index contributed by atoms with van der Waals surface area (Å²) >= 11 is 1.93. The summed E-state index contributed by atoms with van der Waals surface area (Å²) in [6.45, 7) is 1.51. The van der Waals surface area contributed by atoms with Crippen LogP contribution in [0.3, 0.4) is 0 Å². The predicted molar refractivity (Wildman–Crippen MR) is 78.9 cm³/mol. The van der Waals surface area contributed by atoms with Gasteiger partial charge in [0.1, 0.15) is 0 Å². The molecule has 0 aliphatic carbocycles. The number of anilines is 1. The Kier molecular flexibility index (Phi) is 4.85. The second-order valence-corrected chi connectivity index (χ2v) is 5.85. The van der Waals surface area contributed by atoms with Gasteiger partial charge >= 0.3 is 6.03 Å². The van der Waals surface area contributed by atoms with Gasteiger partial charge in [0.2, 0.25) is 0 Å². The lowest BCUT2D eigenvalue weighted by Gasteiger charge is -2.22. The number of ketones is 1. The first-order valence-electron chi connectivity index (χ1n) is 6.41. The van der Waals surface area contributed by atoms with E-state index in [1.54, 1.807) is 24.3 Å². The number of carbonyl (C=O) groups excluding carboxylic acids is 2. The molecular weight excluding hydrogens is 260 g/mol. The van der Waals surface area contributed by atoms with Gasteiger partial charge in [-0.25, -0.2) is 4.79 Å². The molecule has 0 aromatic heterocycles. The average Bonchev–Trinajstić information content (AvgIpc) is 2.40. The summed E-state index contributed by atoms with van der Waals surface area (Å²) in [6, 6.07) is 7.05. The predicted octanol–water partition coefficient (Wildman–Crippen LogP) is 2.91. The van der Waals surface area contributed by atoms with Gasteiger partial charge in [0.15, 0.2) is 5.78 Å². The van der Waals surface area contributed by atoms with Gasteiger partial charge < -0.3 is 10.6 Å². The zero-order valence-corrected chi connectivity index (χ0v) is 11.8. The van der Waals surface area contributed by atoms with Gasteiger partial charge in [0.05, 0.1) is 0 Å². The molecule has 1 saturated heterocycles. The summed E-state index contributed by atoms with van der Waals surface area (Å²) in [7, 11) is 0. The minimum absolute atomic E-state index is 0.00614. The number of urea groups is 1. The summed E-state index contributed by atoms with van der Waals surface area (Å²) in [4.78, 5) is 23.1. The van der Waals surface area contributed by atoms with Crippen molar-refractivity contribution >= 4 is 29.3 Å². The van der Waals surface area contributed by atoms with Crippen LogP contribution in [0.2, 0.25) is 0 Å². The third kappa shape index (κ3) is 4.28. The Hall–Kier alpha value is -1.49. The SMILES string of the molecule is CC(=O)c1cccc(NC(=O)NC2CCSCC2)c1. The maximum Gasteiger partial charge on any atom is 0.319 e. The fourth-order valence-electron chi connectivity index (χ4n) is 2.01. The topological polar surface area (TPSA) is 58.2 Å². The van der Waals surface area contributed by atoms with Crippen molar-refractivity contribution in [3.05, 3.63) is 29.8 Å². The van der Waals surface area contributed by atoms with Gasteiger partial charge in [0, 0.05) is 17.3 Å². The van der Waals surface area contributed by atoms with Gasteiger partial charge in [-0.05, 0) is 43.4 Å². The highest BCUT2D eigenvalue weighted by Crippen LogP contribution is 2.17. The standard InChI is InChI=1S/C14H18N2O2S/c1-10(17)11-3-2-4-13(9-11)16-14(18)15-12-5-7-19-8-6-12/h2-4,9,12H,5-8H2,1H3,(H2,15,16,18). The Bertz CT molecular complexity index is 470. The lowest BCUT2D eigenvalue weighted by molar-refractivity contribution is 0.101. The van der Waals surface area contributed by atoms with E-state index in [4.69, 9.17) is 0 Å². The molecule has 1 aromatic rings.